The van der Waals surface area contributed by atoms with Crippen molar-refractivity contribution in [2.75, 3.05) is 33.5 Å². The van der Waals surface area contributed by atoms with Gasteiger partial charge in [-0.25, -0.2) is 8.78 Å². The van der Waals surface area contributed by atoms with Crippen molar-refractivity contribution in [3.05, 3.63) is 35.4 Å². The molecule has 0 aliphatic rings. The molecule has 0 aliphatic heterocycles. The molecule has 21 heavy (non-hydrogen) atoms. The number of hydrogen-bond acceptors (Lipinski definition) is 4. The number of Topliss-reactive ketones (excluding diaryl/α,β-unsaturated/α-hetero) is 1. The molecule has 0 saturated heterocycles. The lowest BCUT2D eigenvalue weighted by Crippen LogP contribution is -2.23. The minimum atomic E-state index is -1.05. The van der Waals surface area contributed by atoms with Gasteiger partial charge in [-0.15, -0.1) is 0 Å². The average molecular weight is 302 g/mol. The highest BCUT2D eigenvalue weighted by Crippen LogP contribution is 2.11. The van der Waals surface area contributed by atoms with E-state index >= 15 is 0 Å². The summed E-state index contributed by atoms with van der Waals surface area (Å²) in [7, 11) is 1.62. The van der Waals surface area contributed by atoms with Crippen molar-refractivity contribution in [3.8, 4) is 0 Å². The summed E-state index contributed by atoms with van der Waals surface area (Å²) in [5, 5.41) is 0. The standard InChI is InChI=1S/C15H20F2O4/c1-11(21-9-8-20-7-3-6-19-2)15(18)12-4-5-13(16)14(17)10-12/h4-5,10-11H,3,6-9H2,1-2H3. The van der Waals surface area contributed by atoms with Crippen LogP contribution in [-0.2, 0) is 14.2 Å². The number of carbonyl (C=O) groups is 1. The Labute approximate surface area is 123 Å². The van der Waals surface area contributed by atoms with Gasteiger partial charge in [0.1, 0.15) is 6.10 Å². The molecule has 0 saturated carbocycles. The number of benzene rings is 1. The number of methoxy groups -OCH3 is 1. The summed E-state index contributed by atoms with van der Waals surface area (Å²) < 4.78 is 41.3. The smallest absolute Gasteiger partial charge is 0.191 e. The fourth-order valence-electron chi connectivity index (χ4n) is 1.65. The van der Waals surface area contributed by atoms with Crippen LogP contribution in [0.5, 0.6) is 0 Å². The van der Waals surface area contributed by atoms with E-state index < -0.39 is 23.5 Å². The molecule has 1 rings (SSSR count). The van der Waals surface area contributed by atoms with Gasteiger partial charge in [0.25, 0.3) is 0 Å². The molecule has 1 unspecified atom stereocenters. The van der Waals surface area contributed by atoms with Crippen LogP contribution >= 0.6 is 0 Å². The molecule has 0 aromatic heterocycles. The van der Waals surface area contributed by atoms with Crippen LogP contribution in [0.1, 0.15) is 23.7 Å². The number of ketones is 1. The molecule has 0 aliphatic carbocycles. The van der Waals surface area contributed by atoms with Gasteiger partial charge in [0, 0.05) is 25.9 Å². The molecular formula is C15H20F2O4. The summed E-state index contributed by atoms with van der Waals surface area (Å²) in [6.45, 7) is 3.37. The van der Waals surface area contributed by atoms with Crippen molar-refractivity contribution >= 4 is 5.78 Å². The van der Waals surface area contributed by atoms with E-state index in [-0.39, 0.29) is 12.2 Å². The van der Waals surface area contributed by atoms with Crippen LogP contribution in [0.4, 0.5) is 8.78 Å². The third kappa shape index (κ3) is 6.29. The minimum Gasteiger partial charge on any atom is -0.385 e. The Morgan fingerprint density at radius 2 is 1.90 bits per heavy atom. The SMILES string of the molecule is COCCCOCCOC(C)C(=O)c1ccc(F)c(F)c1. The highest BCUT2D eigenvalue weighted by Gasteiger charge is 2.17. The van der Waals surface area contributed by atoms with Crippen LogP contribution in [0.15, 0.2) is 18.2 Å². The zero-order chi connectivity index (χ0) is 15.7. The van der Waals surface area contributed by atoms with Crippen molar-refractivity contribution in [1.29, 1.82) is 0 Å². The predicted octanol–water partition coefficient (Wildman–Crippen LogP) is 2.61. The van der Waals surface area contributed by atoms with E-state index in [0.29, 0.717) is 19.8 Å². The first-order valence-electron chi connectivity index (χ1n) is 6.73. The van der Waals surface area contributed by atoms with Crippen molar-refractivity contribution in [3.63, 3.8) is 0 Å². The zero-order valence-corrected chi connectivity index (χ0v) is 12.2. The molecule has 0 bridgehead atoms. The Hall–Kier alpha value is -1.37. The van der Waals surface area contributed by atoms with Gasteiger partial charge in [-0.05, 0) is 31.5 Å². The fourth-order valence-corrected chi connectivity index (χ4v) is 1.65. The Balaban J connectivity index is 2.29. The van der Waals surface area contributed by atoms with Crippen LogP contribution < -0.4 is 0 Å². The van der Waals surface area contributed by atoms with E-state index in [2.05, 4.69) is 0 Å². The summed E-state index contributed by atoms with van der Waals surface area (Å²) in [5.74, 6) is -2.42. The van der Waals surface area contributed by atoms with Gasteiger partial charge in [-0.2, -0.15) is 0 Å². The second-order valence-electron chi connectivity index (χ2n) is 4.46. The van der Waals surface area contributed by atoms with E-state index in [1.54, 1.807) is 14.0 Å². The fraction of sp³-hybridized carbons (Fsp3) is 0.533. The van der Waals surface area contributed by atoms with Gasteiger partial charge in [0.15, 0.2) is 17.4 Å². The van der Waals surface area contributed by atoms with Crippen LogP contribution in [0.2, 0.25) is 0 Å². The van der Waals surface area contributed by atoms with Crippen LogP contribution in [0, 0.1) is 11.6 Å². The van der Waals surface area contributed by atoms with E-state index in [0.717, 1.165) is 18.6 Å². The topological polar surface area (TPSA) is 44.8 Å². The lowest BCUT2D eigenvalue weighted by atomic mass is 10.1. The molecule has 0 spiro atoms. The molecule has 4 nitrogen and oxygen atoms in total. The second-order valence-corrected chi connectivity index (χ2v) is 4.46. The number of carbonyl (C=O) groups excluding carboxylic acids is 1. The summed E-state index contributed by atoms with van der Waals surface area (Å²) in [6.07, 6.45) is 0.0530. The van der Waals surface area contributed by atoms with Crippen LogP contribution in [0.25, 0.3) is 0 Å². The molecule has 1 aromatic carbocycles. The normalized spacial score (nSPS) is 12.4. The number of halogens is 2. The second kappa shape index (κ2) is 9.55. The molecule has 1 atom stereocenters. The summed E-state index contributed by atoms with van der Waals surface area (Å²) in [6, 6.07) is 3.04. The van der Waals surface area contributed by atoms with Gasteiger partial charge in [0.2, 0.25) is 0 Å². The van der Waals surface area contributed by atoms with E-state index in [1.807, 2.05) is 0 Å². The van der Waals surface area contributed by atoms with Crippen molar-refractivity contribution < 1.29 is 27.8 Å². The van der Waals surface area contributed by atoms with Crippen molar-refractivity contribution in [2.45, 2.75) is 19.4 Å². The van der Waals surface area contributed by atoms with Gasteiger partial charge in [0.05, 0.1) is 13.2 Å². The third-order valence-corrected chi connectivity index (χ3v) is 2.81. The monoisotopic (exact) mass is 302 g/mol. The van der Waals surface area contributed by atoms with Gasteiger partial charge in [-0.1, -0.05) is 0 Å². The van der Waals surface area contributed by atoms with E-state index in [1.165, 1.54) is 6.07 Å². The third-order valence-electron chi connectivity index (χ3n) is 2.81. The van der Waals surface area contributed by atoms with Gasteiger partial charge in [-0.3, -0.25) is 4.79 Å². The van der Waals surface area contributed by atoms with Crippen LogP contribution in [-0.4, -0.2) is 45.4 Å². The van der Waals surface area contributed by atoms with Gasteiger partial charge < -0.3 is 14.2 Å². The Morgan fingerprint density at radius 1 is 1.14 bits per heavy atom. The first-order valence-corrected chi connectivity index (χ1v) is 6.73. The molecule has 0 radical (unpaired) electrons. The van der Waals surface area contributed by atoms with Gasteiger partial charge >= 0.3 is 0 Å². The van der Waals surface area contributed by atoms with E-state index in [9.17, 15) is 13.6 Å². The number of rotatable bonds is 10. The zero-order valence-electron chi connectivity index (χ0n) is 12.2. The van der Waals surface area contributed by atoms with Crippen molar-refractivity contribution in [1.82, 2.24) is 0 Å². The maximum absolute atomic E-state index is 13.1. The molecule has 1 aromatic rings. The molecule has 6 heteroatoms. The Morgan fingerprint density at radius 3 is 2.57 bits per heavy atom. The molecule has 118 valence electrons. The number of ether oxygens (including phenoxy) is 3. The largest absolute Gasteiger partial charge is 0.385 e. The molecule has 0 amide bonds. The molecule has 0 heterocycles. The quantitative estimate of drug-likeness (QED) is 0.492. The van der Waals surface area contributed by atoms with Crippen LogP contribution in [0.3, 0.4) is 0 Å². The molecular weight excluding hydrogens is 282 g/mol. The highest BCUT2D eigenvalue weighted by molar-refractivity contribution is 5.99. The lowest BCUT2D eigenvalue weighted by Gasteiger charge is -2.12. The molecule has 0 N–H and O–H groups in total. The maximum atomic E-state index is 13.1. The van der Waals surface area contributed by atoms with E-state index in [4.69, 9.17) is 14.2 Å². The first-order chi connectivity index (χ1) is 10.1. The predicted molar refractivity (Wildman–Crippen MR) is 73.4 cm³/mol. The molecule has 0 fully saturated rings. The van der Waals surface area contributed by atoms with Crippen molar-refractivity contribution in [2.24, 2.45) is 0 Å². The Bertz CT molecular complexity index is 451. The summed E-state index contributed by atoms with van der Waals surface area (Å²) in [5.41, 5.74) is 0.0856. The first kappa shape index (κ1) is 17.7. The maximum Gasteiger partial charge on any atom is 0.191 e. The summed E-state index contributed by atoms with van der Waals surface area (Å²) in [4.78, 5) is 11.9. The summed E-state index contributed by atoms with van der Waals surface area (Å²) >= 11 is 0. The average Bonchev–Trinajstić information content (AvgIpc) is 2.48. The Kier molecular flexibility index (Phi) is 8.04. The lowest BCUT2D eigenvalue weighted by molar-refractivity contribution is 0.0115. The number of hydrogen-bond donors (Lipinski definition) is 0. The highest BCUT2D eigenvalue weighted by atomic mass is 19.2. The minimum absolute atomic E-state index is 0.0856.